The number of carbonyl (C=O) groups is 1. The third-order valence-corrected chi connectivity index (χ3v) is 3.20. The first-order chi connectivity index (χ1) is 9.79. The SMILES string of the molecule is Nc1cc(C(=O)Nc2cc(Br)c(F)cc2F)c(F)cc1F. The van der Waals surface area contributed by atoms with Crippen LogP contribution >= 0.6 is 15.9 Å². The van der Waals surface area contributed by atoms with Crippen molar-refractivity contribution in [3.63, 3.8) is 0 Å². The lowest BCUT2D eigenvalue weighted by atomic mass is 10.1. The van der Waals surface area contributed by atoms with Crippen LogP contribution in [0, 0.1) is 23.3 Å². The van der Waals surface area contributed by atoms with Gasteiger partial charge in [0.05, 0.1) is 21.4 Å². The number of benzene rings is 2. The minimum absolute atomic E-state index is 0.0849. The second kappa shape index (κ2) is 5.72. The van der Waals surface area contributed by atoms with E-state index in [4.69, 9.17) is 5.73 Å². The van der Waals surface area contributed by atoms with Gasteiger partial charge in [-0.05, 0) is 28.1 Å². The lowest BCUT2D eigenvalue weighted by molar-refractivity contribution is 0.102. The number of nitrogens with two attached hydrogens (primary N) is 1. The molecule has 3 N–H and O–H groups in total. The van der Waals surface area contributed by atoms with Gasteiger partial charge in [0.15, 0.2) is 0 Å². The lowest BCUT2D eigenvalue weighted by Gasteiger charge is -2.09. The molecule has 0 aliphatic rings. The molecule has 0 spiro atoms. The van der Waals surface area contributed by atoms with Crippen molar-refractivity contribution in [3.05, 3.63) is 57.6 Å². The summed E-state index contributed by atoms with van der Waals surface area (Å²) in [5, 5.41) is 2.05. The smallest absolute Gasteiger partial charge is 0.258 e. The van der Waals surface area contributed by atoms with Crippen molar-refractivity contribution in [3.8, 4) is 0 Å². The van der Waals surface area contributed by atoms with Gasteiger partial charge >= 0.3 is 0 Å². The van der Waals surface area contributed by atoms with E-state index in [-0.39, 0.29) is 10.2 Å². The second-order valence-corrected chi connectivity index (χ2v) is 4.91. The van der Waals surface area contributed by atoms with Gasteiger partial charge in [-0.2, -0.15) is 0 Å². The number of nitrogen functional groups attached to an aromatic ring is 1. The summed E-state index contributed by atoms with van der Waals surface area (Å²) in [6.07, 6.45) is 0. The molecule has 0 unspecified atom stereocenters. The molecule has 0 bridgehead atoms. The van der Waals surface area contributed by atoms with Crippen molar-refractivity contribution in [1.29, 1.82) is 0 Å². The topological polar surface area (TPSA) is 55.1 Å². The number of halogens is 5. The molecular formula is C13H7BrF4N2O. The summed E-state index contributed by atoms with van der Waals surface area (Å²) in [4.78, 5) is 11.8. The zero-order chi connectivity index (χ0) is 15.7. The van der Waals surface area contributed by atoms with Crippen LogP contribution in [0.5, 0.6) is 0 Å². The molecule has 0 aromatic heterocycles. The molecule has 2 rings (SSSR count). The van der Waals surface area contributed by atoms with Gasteiger partial charge in [-0.1, -0.05) is 0 Å². The van der Waals surface area contributed by atoms with Gasteiger partial charge in [-0.15, -0.1) is 0 Å². The molecule has 0 saturated heterocycles. The molecule has 2 aromatic rings. The van der Waals surface area contributed by atoms with Crippen LogP contribution in [0.2, 0.25) is 0 Å². The molecular weight excluding hydrogens is 356 g/mol. The molecule has 3 nitrogen and oxygen atoms in total. The number of hydrogen-bond donors (Lipinski definition) is 2. The number of rotatable bonds is 2. The molecule has 1 amide bonds. The first kappa shape index (κ1) is 15.3. The van der Waals surface area contributed by atoms with Crippen LogP contribution in [0.25, 0.3) is 0 Å². The Hall–Kier alpha value is -2.09. The summed E-state index contributed by atoms with van der Waals surface area (Å²) in [6.45, 7) is 0. The van der Waals surface area contributed by atoms with Gasteiger partial charge in [0.2, 0.25) is 0 Å². The van der Waals surface area contributed by atoms with Gasteiger partial charge in [0, 0.05) is 12.1 Å². The van der Waals surface area contributed by atoms with E-state index in [0.29, 0.717) is 12.1 Å². The summed E-state index contributed by atoms with van der Waals surface area (Å²) in [5.74, 6) is -5.11. The average molecular weight is 363 g/mol. The number of nitrogens with one attached hydrogen (secondary N) is 1. The van der Waals surface area contributed by atoms with Crippen LogP contribution in [-0.4, -0.2) is 5.91 Å². The molecule has 0 heterocycles. The van der Waals surface area contributed by atoms with E-state index in [1.165, 1.54) is 0 Å². The minimum atomic E-state index is -1.15. The maximum Gasteiger partial charge on any atom is 0.258 e. The third kappa shape index (κ3) is 3.15. The highest BCUT2D eigenvalue weighted by molar-refractivity contribution is 9.10. The number of carbonyl (C=O) groups excluding carboxylic acids is 1. The molecule has 2 aromatic carbocycles. The Kier molecular flexibility index (Phi) is 4.17. The molecule has 0 aliphatic carbocycles. The summed E-state index contributed by atoms with van der Waals surface area (Å²) in [7, 11) is 0. The van der Waals surface area contributed by atoms with Gasteiger partial charge in [-0.3, -0.25) is 4.79 Å². The molecule has 8 heteroatoms. The molecule has 0 radical (unpaired) electrons. The molecule has 0 atom stereocenters. The number of amides is 1. The van der Waals surface area contributed by atoms with E-state index in [1.807, 2.05) is 0 Å². The molecule has 110 valence electrons. The first-order valence-corrected chi connectivity index (χ1v) is 6.29. The number of anilines is 2. The standard InChI is InChI=1S/C13H7BrF4N2O/c14-6-2-12(10(18)4-8(6)16)20-13(21)5-1-11(19)9(17)3-7(5)15/h1-4H,19H2,(H,20,21). The molecule has 0 aliphatic heterocycles. The first-order valence-electron chi connectivity index (χ1n) is 5.50. The Morgan fingerprint density at radius 1 is 0.952 bits per heavy atom. The van der Waals surface area contributed by atoms with Crippen LogP contribution in [0.15, 0.2) is 28.7 Å². The van der Waals surface area contributed by atoms with E-state index >= 15 is 0 Å². The van der Waals surface area contributed by atoms with Crippen molar-refractivity contribution < 1.29 is 22.4 Å². The highest BCUT2D eigenvalue weighted by Gasteiger charge is 2.17. The Balaban J connectivity index is 2.35. The van der Waals surface area contributed by atoms with Crippen LogP contribution in [0.4, 0.5) is 28.9 Å². The molecule has 0 fully saturated rings. The van der Waals surface area contributed by atoms with Crippen LogP contribution in [-0.2, 0) is 0 Å². The normalized spacial score (nSPS) is 10.5. The molecule has 0 saturated carbocycles. The minimum Gasteiger partial charge on any atom is -0.396 e. The van der Waals surface area contributed by atoms with Crippen molar-refractivity contribution >= 4 is 33.2 Å². The predicted molar refractivity (Wildman–Crippen MR) is 72.8 cm³/mol. The van der Waals surface area contributed by atoms with Crippen LogP contribution in [0.3, 0.4) is 0 Å². The van der Waals surface area contributed by atoms with Crippen LogP contribution < -0.4 is 11.1 Å². The van der Waals surface area contributed by atoms with Crippen LogP contribution in [0.1, 0.15) is 10.4 Å². The lowest BCUT2D eigenvalue weighted by Crippen LogP contribution is -2.16. The maximum absolute atomic E-state index is 13.5. The number of hydrogen-bond acceptors (Lipinski definition) is 2. The third-order valence-electron chi connectivity index (χ3n) is 2.59. The second-order valence-electron chi connectivity index (χ2n) is 4.05. The summed E-state index contributed by atoms with van der Waals surface area (Å²) in [6, 6.07) is 2.76. The largest absolute Gasteiger partial charge is 0.396 e. The van der Waals surface area contributed by atoms with Gasteiger partial charge in [0.1, 0.15) is 23.3 Å². The Labute approximate surface area is 124 Å². The maximum atomic E-state index is 13.5. The Morgan fingerprint density at radius 3 is 2.24 bits per heavy atom. The van der Waals surface area contributed by atoms with Crippen molar-refractivity contribution in [1.82, 2.24) is 0 Å². The van der Waals surface area contributed by atoms with E-state index in [1.54, 1.807) is 0 Å². The van der Waals surface area contributed by atoms with Crippen molar-refractivity contribution in [2.24, 2.45) is 0 Å². The van der Waals surface area contributed by atoms with Gasteiger partial charge < -0.3 is 11.1 Å². The fraction of sp³-hybridized carbons (Fsp3) is 0. The fourth-order valence-electron chi connectivity index (χ4n) is 1.55. The van der Waals surface area contributed by atoms with Crippen molar-refractivity contribution in [2.45, 2.75) is 0 Å². The highest BCUT2D eigenvalue weighted by atomic mass is 79.9. The predicted octanol–water partition coefficient (Wildman–Crippen LogP) is 3.84. The van der Waals surface area contributed by atoms with E-state index in [2.05, 4.69) is 21.2 Å². The van der Waals surface area contributed by atoms with Gasteiger partial charge in [-0.25, -0.2) is 17.6 Å². The fourth-order valence-corrected chi connectivity index (χ4v) is 1.89. The highest BCUT2D eigenvalue weighted by Crippen LogP contribution is 2.25. The summed E-state index contributed by atoms with van der Waals surface area (Å²) in [5.41, 5.74) is 3.89. The Morgan fingerprint density at radius 2 is 1.57 bits per heavy atom. The zero-order valence-corrected chi connectivity index (χ0v) is 11.8. The van der Waals surface area contributed by atoms with Gasteiger partial charge in [0.25, 0.3) is 5.91 Å². The quantitative estimate of drug-likeness (QED) is 0.484. The van der Waals surface area contributed by atoms with E-state index in [0.717, 1.165) is 12.1 Å². The summed E-state index contributed by atoms with van der Waals surface area (Å²) < 4.78 is 53.0. The van der Waals surface area contributed by atoms with E-state index in [9.17, 15) is 22.4 Å². The van der Waals surface area contributed by atoms with Crippen molar-refractivity contribution in [2.75, 3.05) is 11.1 Å². The van der Waals surface area contributed by atoms with E-state index < -0.39 is 40.4 Å². The average Bonchev–Trinajstić information content (AvgIpc) is 2.40. The zero-order valence-electron chi connectivity index (χ0n) is 10.2. The summed E-state index contributed by atoms with van der Waals surface area (Å²) >= 11 is 2.83. The monoisotopic (exact) mass is 362 g/mol. The Bertz CT molecular complexity index is 737. The molecule has 21 heavy (non-hydrogen) atoms.